The van der Waals surface area contributed by atoms with Crippen molar-refractivity contribution in [2.24, 2.45) is 5.92 Å². The molecule has 59 heavy (non-hydrogen) atoms. The number of ether oxygens (including phenoxy) is 1. The van der Waals surface area contributed by atoms with Crippen molar-refractivity contribution >= 4 is 52.5 Å². The van der Waals surface area contributed by atoms with Crippen LogP contribution in [0.15, 0.2) is 60.7 Å². The third-order valence-corrected chi connectivity index (χ3v) is 13.7. The van der Waals surface area contributed by atoms with Crippen molar-refractivity contribution in [2.75, 3.05) is 55.6 Å². The van der Waals surface area contributed by atoms with Crippen LogP contribution in [0.1, 0.15) is 94.4 Å². The fourth-order valence-electron chi connectivity index (χ4n) is 10.1. The molecular formula is C45H48ClN7O6. The van der Waals surface area contributed by atoms with Gasteiger partial charge in [-0.25, -0.2) is 0 Å². The van der Waals surface area contributed by atoms with Gasteiger partial charge in [0.2, 0.25) is 11.8 Å². The number of hydrogen-bond acceptors (Lipinski definition) is 10. The van der Waals surface area contributed by atoms with Crippen LogP contribution in [-0.4, -0.2) is 114 Å². The first kappa shape index (κ1) is 39.0. The minimum atomic E-state index is -0.965. The summed E-state index contributed by atoms with van der Waals surface area (Å²) in [5.41, 5.74) is 3.83. The number of piperazine rings is 1. The number of nitriles is 1. The van der Waals surface area contributed by atoms with E-state index in [2.05, 4.69) is 43.1 Å². The maximum atomic E-state index is 13.8. The molecule has 6 heterocycles. The van der Waals surface area contributed by atoms with E-state index in [9.17, 15) is 29.2 Å². The molecule has 0 spiro atoms. The van der Waals surface area contributed by atoms with E-state index in [0.29, 0.717) is 33.4 Å². The van der Waals surface area contributed by atoms with E-state index in [1.54, 1.807) is 30.3 Å². The van der Waals surface area contributed by atoms with E-state index >= 15 is 0 Å². The average molecular weight is 818 g/mol. The third kappa shape index (κ3) is 7.76. The maximum Gasteiger partial charge on any atom is 0.262 e. The number of hydrogen-bond donors (Lipinski definition) is 1. The number of rotatable bonds is 9. The number of carbonyl (C=O) groups is 5. The van der Waals surface area contributed by atoms with Gasteiger partial charge in [0, 0.05) is 93.6 Å². The van der Waals surface area contributed by atoms with Gasteiger partial charge in [0.15, 0.2) is 0 Å². The summed E-state index contributed by atoms with van der Waals surface area (Å²) >= 11 is 6.23. The summed E-state index contributed by atoms with van der Waals surface area (Å²) < 4.78 is 6.27. The van der Waals surface area contributed by atoms with Crippen LogP contribution in [0.5, 0.6) is 5.75 Å². The number of anilines is 2. The minimum Gasteiger partial charge on any atom is -0.490 e. The Kier molecular flexibility index (Phi) is 10.8. The number of fused-ring (bicyclic) bond motifs is 3. The Hall–Kier alpha value is -5.45. The first-order valence-corrected chi connectivity index (χ1v) is 21.4. The number of nitrogens with zero attached hydrogens (tertiary/aromatic N) is 6. The summed E-state index contributed by atoms with van der Waals surface area (Å²) in [6.07, 6.45) is 7.00. The predicted molar refractivity (Wildman–Crippen MR) is 221 cm³/mol. The fraction of sp³-hybridized carbons (Fsp3) is 0.467. The summed E-state index contributed by atoms with van der Waals surface area (Å²) in [5, 5.41) is 11.8. The molecular weight excluding hydrogens is 770 g/mol. The number of piperidine rings is 3. The lowest BCUT2D eigenvalue weighted by Crippen LogP contribution is -2.54. The van der Waals surface area contributed by atoms with E-state index in [1.165, 1.54) is 0 Å². The second kappa shape index (κ2) is 16.3. The van der Waals surface area contributed by atoms with Crippen molar-refractivity contribution in [3.63, 3.8) is 0 Å². The molecule has 5 amide bonds. The maximum absolute atomic E-state index is 13.8. The van der Waals surface area contributed by atoms with E-state index in [-0.39, 0.29) is 42.8 Å². The van der Waals surface area contributed by atoms with Gasteiger partial charge in [0.1, 0.15) is 24.0 Å². The standard InChI is InChI=1S/C45H48ClN7O6/c46-39-26-35(9-3-30(39)27-47)59-36-23-33-6-7-34(24-36)52(33)43(56)29-1-4-31(5-2-29)51-21-19-49(20-22-51)16-13-28-14-17-50(18-15-28)32-8-10-37-38(25-32)45(58)53(44(37)57)40-11-12-41(54)48-42(40)55/h1-5,8-10,25-26,28,33-34,36,40H,6-7,11-24H2,(H,48,54,55)/t33-,34+,36+,40?. The van der Waals surface area contributed by atoms with E-state index in [0.717, 1.165) is 113 Å². The first-order valence-electron chi connectivity index (χ1n) is 21.0. The minimum absolute atomic E-state index is 0.00353. The lowest BCUT2D eigenvalue weighted by Gasteiger charge is -2.39. The number of benzene rings is 3. The summed E-state index contributed by atoms with van der Waals surface area (Å²) in [6.45, 7) is 6.67. The highest BCUT2D eigenvalue weighted by Gasteiger charge is 2.46. The number of carbonyl (C=O) groups excluding carboxylic acids is 5. The SMILES string of the molecule is N#Cc1ccc(O[C@H]2C[C@H]3CC[C@@H](C2)N3C(=O)c2ccc(N3CCN(CCC4CCN(c5ccc6c(c5)C(=O)N(C5CCC(=O)NC5=O)C6=O)CC4)CC3)cc2)cc1Cl. The molecule has 3 aromatic carbocycles. The van der Waals surface area contributed by atoms with E-state index in [1.807, 2.05) is 18.2 Å². The molecule has 5 saturated heterocycles. The molecule has 306 valence electrons. The summed E-state index contributed by atoms with van der Waals surface area (Å²) in [6, 6.07) is 20.1. The predicted octanol–water partition coefficient (Wildman–Crippen LogP) is 5.26. The molecule has 5 fully saturated rings. The molecule has 1 N–H and O–H groups in total. The van der Waals surface area contributed by atoms with Crippen molar-refractivity contribution in [3.8, 4) is 11.8 Å². The van der Waals surface area contributed by atoms with Gasteiger partial charge >= 0.3 is 0 Å². The van der Waals surface area contributed by atoms with E-state index < -0.39 is 23.8 Å². The quantitative estimate of drug-likeness (QED) is 0.284. The van der Waals surface area contributed by atoms with Crippen LogP contribution < -0.4 is 19.9 Å². The van der Waals surface area contributed by atoms with Gasteiger partial charge in [-0.1, -0.05) is 11.6 Å². The molecule has 1 unspecified atom stereocenters. The van der Waals surface area contributed by atoms with Crippen LogP contribution >= 0.6 is 11.6 Å². The Labute approximate surface area is 348 Å². The molecule has 14 heteroatoms. The van der Waals surface area contributed by atoms with Crippen molar-refractivity contribution in [2.45, 2.75) is 82.0 Å². The van der Waals surface area contributed by atoms with Crippen molar-refractivity contribution in [3.05, 3.63) is 87.9 Å². The van der Waals surface area contributed by atoms with E-state index in [4.69, 9.17) is 16.3 Å². The van der Waals surface area contributed by atoms with Gasteiger partial charge in [-0.3, -0.25) is 39.1 Å². The van der Waals surface area contributed by atoms with Gasteiger partial charge in [-0.15, -0.1) is 0 Å². The van der Waals surface area contributed by atoms with Gasteiger partial charge in [0.25, 0.3) is 17.7 Å². The Morgan fingerprint density at radius 3 is 2.14 bits per heavy atom. The highest BCUT2D eigenvalue weighted by Crippen LogP contribution is 2.39. The zero-order valence-corrected chi connectivity index (χ0v) is 33.7. The third-order valence-electron chi connectivity index (χ3n) is 13.4. The lowest BCUT2D eigenvalue weighted by molar-refractivity contribution is -0.136. The topological polar surface area (TPSA) is 147 Å². The molecule has 13 nitrogen and oxygen atoms in total. The van der Waals surface area contributed by atoms with Crippen LogP contribution in [0.3, 0.4) is 0 Å². The highest BCUT2D eigenvalue weighted by molar-refractivity contribution is 6.31. The van der Waals surface area contributed by atoms with Gasteiger partial charge in [-0.2, -0.15) is 5.26 Å². The summed E-state index contributed by atoms with van der Waals surface area (Å²) in [7, 11) is 0. The summed E-state index contributed by atoms with van der Waals surface area (Å²) in [4.78, 5) is 74.6. The normalized spacial score (nSPS) is 24.9. The smallest absolute Gasteiger partial charge is 0.262 e. The molecule has 0 saturated carbocycles. The highest BCUT2D eigenvalue weighted by atomic mass is 35.5. The van der Waals surface area contributed by atoms with Crippen molar-refractivity contribution in [1.29, 1.82) is 5.26 Å². The zero-order chi connectivity index (χ0) is 40.8. The molecule has 0 radical (unpaired) electrons. The zero-order valence-electron chi connectivity index (χ0n) is 33.0. The molecule has 4 atom stereocenters. The first-order chi connectivity index (χ1) is 28.6. The fourth-order valence-corrected chi connectivity index (χ4v) is 10.3. The number of halogens is 1. The van der Waals surface area contributed by atoms with Crippen molar-refractivity contribution in [1.82, 2.24) is 20.0 Å². The van der Waals surface area contributed by atoms with Crippen LogP contribution in [0.4, 0.5) is 11.4 Å². The molecule has 0 aromatic heterocycles. The molecule has 0 aliphatic carbocycles. The molecule has 6 aliphatic heterocycles. The Morgan fingerprint density at radius 1 is 0.780 bits per heavy atom. The largest absolute Gasteiger partial charge is 0.490 e. The van der Waals surface area contributed by atoms with Crippen molar-refractivity contribution < 1.29 is 28.7 Å². The van der Waals surface area contributed by atoms with Crippen LogP contribution in [0, 0.1) is 17.2 Å². The Bertz CT molecular complexity index is 2200. The Morgan fingerprint density at radius 2 is 1.46 bits per heavy atom. The molecule has 9 rings (SSSR count). The average Bonchev–Trinajstić information content (AvgIpc) is 3.66. The lowest BCUT2D eigenvalue weighted by atomic mass is 9.92. The second-order valence-electron chi connectivity index (χ2n) is 16.8. The summed E-state index contributed by atoms with van der Waals surface area (Å²) in [5.74, 6) is -0.573. The molecule has 2 bridgehead atoms. The second-order valence-corrected chi connectivity index (χ2v) is 17.2. The monoisotopic (exact) mass is 817 g/mol. The van der Waals surface area contributed by atoms with Gasteiger partial charge in [-0.05, 0) is 106 Å². The molecule has 3 aromatic rings. The van der Waals surface area contributed by atoms with Crippen LogP contribution in [0.2, 0.25) is 5.02 Å². The van der Waals surface area contributed by atoms with Gasteiger partial charge < -0.3 is 19.4 Å². The molecule has 6 aliphatic rings. The Balaban J connectivity index is 0.711. The van der Waals surface area contributed by atoms with Crippen LogP contribution in [0.25, 0.3) is 0 Å². The number of imide groups is 2. The number of amides is 5. The number of nitrogens with one attached hydrogen (secondary N) is 1. The van der Waals surface area contributed by atoms with Crippen LogP contribution in [-0.2, 0) is 9.59 Å². The van der Waals surface area contributed by atoms with Gasteiger partial charge in [0.05, 0.1) is 21.7 Å².